The molecule has 2 bridgehead atoms. The first-order valence-electron chi connectivity index (χ1n) is 9.58. The molecule has 4 saturated heterocycles. The molecule has 5 fully saturated rings. The van der Waals surface area contributed by atoms with Crippen molar-refractivity contribution in [3.05, 3.63) is 35.9 Å². The summed E-state index contributed by atoms with van der Waals surface area (Å²) in [6, 6.07) is 11.8. The maximum atomic E-state index is 3.54. The highest BCUT2D eigenvalue weighted by molar-refractivity contribution is 5.15. The molecule has 5 atom stereocenters. The average molecular weight is 311 g/mol. The Morgan fingerprint density at radius 2 is 1.78 bits per heavy atom. The lowest BCUT2D eigenvalue weighted by molar-refractivity contribution is 0.120. The zero-order chi connectivity index (χ0) is 15.2. The standard InChI is InChI=1S/C20H29N3/c1-2-4-15(5-3-1)10-22-11-16-6-7-17(13-22)23(12-16)14-20-18-8-21-9-19(18)20/h1-5,16-21H,6-14H2/t16-,17+,18-,19+,20?/m1/s1. The SMILES string of the molecule is c1ccc(CN2C[C@H]3CC[C@@H](C2)N(CC2[C@H]4CNC[C@@H]24)C3)cc1. The van der Waals surface area contributed by atoms with Crippen LogP contribution in [-0.4, -0.2) is 55.1 Å². The van der Waals surface area contributed by atoms with Gasteiger partial charge >= 0.3 is 0 Å². The largest absolute Gasteiger partial charge is 0.316 e. The van der Waals surface area contributed by atoms with E-state index in [1.54, 1.807) is 0 Å². The molecule has 0 amide bonds. The summed E-state index contributed by atoms with van der Waals surface area (Å²) in [6.07, 6.45) is 2.88. The van der Waals surface area contributed by atoms with Crippen molar-refractivity contribution in [1.82, 2.24) is 15.1 Å². The highest BCUT2D eigenvalue weighted by atomic mass is 15.3. The van der Waals surface area contributed by atoms with Crippen molar-refractivity contribution in [2.75, 3.05) is 39.3 Å². The first-order chi connectivity index (χ1) is 11.4. The van der Waals surface area contributed by atoms with Crippen molar-refractivity contribution in [3.63, 3.8) is 0 Å². The molecule has 4 aliphatic heterocycles. The lowest BCUT2D eigenvalue weighted by atomic mass is 9.94. The molecule has 1 aromatic rings. The fourth-order valence-electron chi connectivity index (χ4n) is 5.56. The smallest absolute Gasteiger partial charge is 0.0234 e. The van der Waals surface area contributed by atoms with Crippen LogP contribution in [0.25, 0.3) is 0 Å². The van der Waals surface area contributed by atoms with E-state index in [0.29, 0.717) is 0 Å². The van der Waals surface area contributed by atoms with Gasteiger partial charge in [0, 0.05) is 38.8 Å². The third kappa shape index (κ3) is 2.84. The van der Waals surface area contributed by atoms with Crippen LogP contribution in [0.3, 0.4) is 0 Å². The van der Waals surface area contributed by atoms with Crippen molar-refractivity contribution in [2.24, 2.45) is 23.7 Å². The van der Waals surface area contributed by atoms with E-state index in [4.69, 9.17) is 0 Å². The Bertz CT molecular complexity index is 535. The molecule has 1 unspecified atom stereocenters. The molecule has 1 saturated carbocycles. The first kappa shape index (κ1) is 14.4. The van der Waals surface area contributed by atoms with Gasteiger partial charge in [-0.1, -0.05) is 30.3 Å². The number of hydrogen-bond donors (Lipinski definition) is 1. The van der Waals surface area contributed by atoms with E-state index in [-0.39, 0.29) is 0 Å². The van der Waals surface area contributed by atoms with Crippen LogP contribution in [0.1, 0.15) is 18.4 Å². The van der Waals surface area contributed by atoms with Gasteiger partial charge in [-0.2, -0.15) is 0 Å². The maximum absolute atomic E-state index is 3.54. The summed E-state index contributed by atoms with van der Waals surface area (Å²) in [4.78, 5) is 5.61. The molecule has 3 nitrogen and oxygen atoms in total. The van der Waals surface area contributed by atoms with Gasteiger partial charge in [0.1, 0.15) is 0 Å². The second-order valence-electron chi connectivity index (χ2n) is 8.38. The molecule has 1 N–H and O–H groups in total. The minimum atomic E-state index is 0.812. The van der Waals surface area contributed by atoms with Crippen molar-refractivity contribution in [2.45, 2.75) is 25.4 Å². The number of rotatable bonds is 4. The van der Waals surface area contributed by atoms with Gasteiger partial charge in [-0.05, 0) is 55.2 Å². The molecular formula is C20H29N3. The Hall–Kier alpha value is -0.900. The van der Waals surface area contributed by atoms with Crippen LogP contribution < -0.4 is 5.32 Å². The van der Waals surface area contributed by atoms with Gasteiger partial charge in [0.25, 0.3) is 0 Å². The number of hydrogen-bond acceptors (Lipinski definition) is 3. The summed E-state index contributed by atoms with van der Waals surface area (Å²) < 4.78 is 0. The van der Waals surface area contributed by atoms with Crippen LogP contribution >= 0.6 is 0 Å². The average Bonchev–Trinajstić information content (AvgIpc) is 3.10. The highest BCUT2D eigenvalue weighted by Crippen LogP contribution is 2.49. The molecule has 0 radical (unpaired) electrons. The molecule has 0 aromatic heterocycles. The third-order valence-corrected chi connectivity index (χ3v) is 6.87. The summed E-state index contributed by atoms with van der Waals surface area (Å²) in [5, 5.41) is 3.54. The quantitative estimate of drug-likeness (QED) is 0.918. The Morgan fingerprint density at radius 3 is 2.61 bits per heavy atom. The molecule has 3 heteroatoms. The lowest BCUT2D eigenvalue weighted by Gasteiger charge is -2.36. The predicted octanol–water partition coefficient (Wildman–Crippen LogP) is 2.05. The van der Waals surface area contributed by atoms with Gasteiger partial charge in [-0.25, -0.2) is 0 Å². The maximum Gasteiger partial charge on any atom is 0.0234 e. The predicted molar refractivity (Wildman–Crippen MR) is 93.1 cm³/mol. The molecule has 4 heterocycles. The molecule has 0 spiro atoms. The second kappa shape index (κ2) is 5.87. The zero-order valence-electron chi connectivity index (χ0n) is 14.0. The summed E-state index contributed by atoms with van der Waals surface area (Å²) in [7, 11) is 0. The fourth-order valence-corrected chi connectivity index (χ4v) is 5.56. The van der Waals surface area contributed by atoms with Crippen LogP contribution in [0, 0.1) is 23.7 Å². The highest BCUT2D eigenvalue weighted by Gasteiger charge is 2.53. The number of piperidine rings is 2. The van der Waals surface area contributed by atoms with Gasteiger partial charge < -0.3 is 5.32 Å². The van der Waals surface area contributed by atoms with Crippen LogP contribution in [0.2, 0.25) is 0 Å². The number of fused-ring (bicyclic) bond motifs is 5. The molecule has 5 aliphatic rings. The van der Waals surface area contributed by atoms with Crippen molar-refractivity contribution >= 4 is 0 Å². The molecule has 6 rings (SSSR count). The van der Waals surface area contributed by atoms with Crippen molar-refractivity contribution in [1.29, 1.82) is 0 Å². The topological polar surface area (TPSA) is 18.5 Å². The van der Waals surface area contributed by atoms with E-state index in [9.17, 15) is 0 Å². The van der Waals surface area contributed by atoms with E-state index < -0.39 is 0 Å². The van der Waals surface area contributed by atoms with E-state index >= 15 is 0 Å². The van der Waals surface area contributed by atoms with Gasteiger partial charge in [0.05, 0.1) is 0 Å². The summed E-state index contributed by atoms with van der Waals surface area (Å²) in [5.41, 5.74) is 1.48. The van der Waals surface area contributed by atoms with E-state index in [1.807, 2.05) is 0 Å². The monoisotopic (exact) mass is 311 g/mol. The minimum Gasteiger partial charge on any atom is -0.316 e. The Kier molecular flexibility index (Phi) is 3.69. The van der Waals surface area contributed by atoms with Crippen LogP contribution in [0.5, 0.6) is 0 Å². The number of nitrogens with zero attached hydrogens (tertiary/aromatic N) is 2. The summed E-state index contributed by atoms with van der Waals surface area (Å²) in [5.74, 6) is 3.93. The third-order valence-electron chi connectivity index (χ3n) is 6.87. The normalized spacial score (nSPS) is 40.1. The summed E-state index contributed by atoms with van der Waals surface area (Å²) in [6.45, 7) is 9.05. The molecule has 1 aliphatic carbocycles. The Labute approximate surface area is 140 Å². The van der Waals surface area contributed by atoms with E-state index in [2.05, 4.69) is 45.4 Å². The first-order valence-corrected chi connectivity index (χ1v) is 9.58. The summed E-state index contributed by atoms with van der Waals surface area (Å²) >= 11 is 0. The van der Waals surface area contributed by atoms with Crippen LogP contribution in [-0.2, 0) is 6.54 Å². The Balaban J connectivity index is 1.23. The van der Waals surface area contributed by atoms with Gasteiger partial charge in [0.2, 0.25) is 0 Å². The molecule has 1 aromatic carbocycles. The van der Waals surface area contributed by atoms with Gasteiger partial charge in [0.15, 0.2) is 0 Å². The Morgan fingerprint density at radius 1 is 0.957 bits per heavy atom. The van der Waals surface area contributed by atoms with E-state index in [1.165, 1.54) is 57.7 Å². The van der Waals surface area contributed by atoms with E-state index in [0.717, 1.165) is 36.3 Å². The number of benzene rings is 1. The van der Waals surface area contributed by atoms with Crippen molar-refractivity contribution < 1.29 is 0 Å². The van der Waals surface area contributed by atoms with Crippen molar-refractivity contribution in [3.8, 4) is 0 Å². The number of nitrogens with one attached hydrogen (secondary N) is 1. The van der Waals surface area contributed by atoms with Gasteiger partial charge in [-0.15, -0.1) is 0 Å². The molecular weight excluding hydrogens is 282 g/mol. The molecule has 23 heavy (non-hydrogen) atoms. The van der Waals surface area contributed by atoms with Gasteiger partial charge in [-0.3, -0.25) is 9.80 Å². The molecule has 124 valence electrons. The van der Waals surface area contributed by atoms with Crippen LogP contribution in [0.15, 0.2) is 30.3 Å². The fraction of sp³-hybridized carbons (Fsp3) is 0.700. The zero-order valence-corrected chi connectivity index (χ0v) is 14.0. The minimum absolute atomic E-state index is 0.812. The lowest BCUT2D eigenvalue weighted by Crippen LogP contribution is -2.45. The second-order valence-corrected chi connectivity index (χ2v) is 8.38. The van der Waals surface area contributed by atoms with Crippen LogP contribution in [0.4, 0.5) is 0 Å².